The monoisotopic (exact) mass is 216 g/mol. The van der Waals surface area contributed by atoms with Gasteiger partial charge in [-0.15, -0.1) is 0 Å². The second-order valence-corrected chi connectivity index (χ2v) is 4.53. The standard InChI is InChI=1S/C12H16N4/c1-8-11-5-9(6-13)7-14-12(11)16(15-8)10-3-2-4-10/h5,7,10H,2-4,6,13H2,1H3. The van der Waals surface area contributed by atoms with Crippen LogP contribution in [0.2, 0.25) is 0 Å². The van der Waals surface area contributed by atoms with Crippen molar-refractivity contribution in [2.75, 3.05) is 0 Å². The number of hydrogen-bond acceptors (Lipinski definition) is 3. The van der Waals surface area contributed by atoms with Crippen molar-refractivity contribution < 1.29 is 0 Å². The number of pyridine rings is 1. The van der Waals surface area contributed by atoms with E-state index in [0.717, 1.165) is 22.3 Å². The van der Waals surface area contributed by atoms with Gasteiger partial charge in [0.2, 0.25) is 0 Å². The number of fused-ring (bicyclic) bond motifs is 1. The van der Waals surface area contributed by atoms with Crippen LogP contribution >= 0.6 is 0 Å². The molecule has 2 heterocycles. The molecule has 1 fully saturated rings. The summed E-state index contributed by atoms with van der Waals surface area (Å²) in [6.07, 6.45) is 5.64. The molecule has 1 aliphatic carbocycles. The average Bonchev–Trinajstić information content (AvgIpc) is 2.54. The van der Waals surface area contributed by atoms with Crippen molar-refractivity contribution in [3.05, 3.63) is 23.5 Å². The largest absolute Gasteiger partial charge is 0.326 e. The highest BCUT2D eigenvalue weighted by Gasteiger charge is 2.23. The van der Waals surface area contributed by atoms with Crippen molar-refractivity contribution in [1.29, 1.82) is 0 Å². The zero-order chi connectivity index (χ0) is 11.1. The lowest BCUT2D eigenvalue weighted by atomic mass is 9.93. The Kier molecular flexibility index (Phi) is 2.17. The molecule has 0 radical (unpaired) electrons. The molecule has 16 heavy (non-hydrogen) atoms. The van der Waals surface area contributed by atoms with Crippen molar-refractivity contribution in [3.8, 4) is 0 Å². The van der Waals surface area contributed by atoms with Gasteiger partial charge in [0.25, 0.3) is 0 Å². The van der Waals surface area contributed by atoms with Crippen LogP contribution in [-0.2, 0) is 6.54 Å². The van der Waals surface area contributed by atoms with Gasteiger partial charge >= 0.3 is 0 Å². The molecule has 4 nitrogen and oxygen atoms in total. The fourth-order valence-corrected chi connectivity index (χ4v) is 2.21. The van der Waals surface area contributed by atoms with Gasteiger partial charge in [-0.1, -0.05) is 0 Å². The van der Waals surface area contributed by atoms with Crippen molar-refractivity contribution in [2.45, 2.75) is 38.8 Å². The quantitative estimate of drug-likeness (QED) is 0.834. The van der Waals surface area contributed by atoms with Crippen LogP contribution in [0.25, 0.3) is 11.0 Å². The molecule has 0 unspecified atom stereocenters. The molecule has 1 saturated carbocycles. The van der Waals surface area contributed by atoms with E-state index < -0.39 is 0 Å². The third-order valence-corrected chi connectivity index (χ3v) is 3.44. The Morgan fingerprint density at radius 3 is 2.94 bits per heavy atom. The first-order valence-corrected chi connectivity index (χ1v) is 5.83. The summed E-state index contributed by atoms with van der Waals surface area (Å²) in [5, 5.41) is 5.75. The summed E-state index contributed by atoms with van der Waals surface area (Å²) in [5.41, 5.74) is 8.77. The maximum Gasteiger partial charge on any atom is 0.158 e. The molecule has 3 rings (SSSR count). The molecule has 1 aliphatic rings. The lowest BCUT2D eigenvalue weighted by Gasteiger charge is -2.25. The Balaban J connectivity index is 2.16. The van der Waals surface area contributed by atoms with Crippen molar-refractivity contribution >= 4 is 11.0 Å². The van der Waals surface area contributed by atoms with Crippen LogP contribution in [0.15, 0.2) is 12.3 Å². The van der Waals surface area contributed by atoms with Gasteiger partial charge in [-0.05, 0) is 37.8 Å². The zero-order valence-electron chi connectivity index (χ0n) is 9.48. The Morgan fingerprint density at radius 1 is 1.50 bits per heavy atom. The Morgan fingerprint density at radius 2 is 2.31 bits per heavy atom. The van der Waals surface area contributed by atoms with Gasteiger partial charge in [0, 0.05) is 18.1 Å². The van der Waals surface area contributed by atoms with Crippen molar-refractivity contribution in [1.82, 2.24) is 14.8 Å². The Hall–Kier alpha value is -1.42. The van der Waals surface area contributed by atoms with Crippen LogP contribution in [0.5, 0.6) is 0 Å². The molecular weight excluding hydrogens is 200 g/mol. The van der Waals surface area contributed by atoms with E-state index >= 15 is 0 Å². The number of aryl methyl sites for hydroxylation is 1. The molecule has 0 aliphatic heterocycles. The third kappa shape index (κ3) is 1.33. The maximum absolute atomic E-state index is 5.63. The maximum atomic E-state index is 5.63. The van der Waals surface area contributed by atoms with Crippen LogP contribution in [0, 0.1) is 6.92 Å². The van der Waals surface area contributed by atoms with E-state index in [4.69, 9.17) is 5.73 Å². The average molecular weight is 216 g/mol. The Labute approximate surface area is 94.5 Å². The molecule has 0 atom stereocenters. The molecule has 0 aromatic carbocycles. The fraction of sp³-hybridized carbons (Fsp3) is 0.500. The van der Waals surface area contributed by atoms with E-state index in [1.54, 1.807) is 0 Å². The van der Waals surface area contributed by atoms with Gasteiger partial charge in [-0.25, -0.2) is 9.67 Å². The van der Waals surface area contributed by atoms with Gasteiger partial charge < -0.3 is 5.73 Å². The molecule has 4 heteroatoms. The molecule has 2 aromatic heterocycles. The van der Waals surface area contributed by atoms with Gasteiger partial charge in [-0.2, -0.15) is 5.10 Å². The van der Waals surface area contributed by atoms with Crippen LogP contribution in [0.4, 0.5) is 0 Å². The van der Waals surface area contributed by atoms with E-state index in [9.17, 15) is 0 Å². The minimum atomic E-state index is 0.539. The van der Waals surface area contributed by atoms with Crippen LogP contribution in [0.1, 0.15) is 36.6 Å². The Bertz CT molecular complexity index is 525. The van der Waals surface area contributed by atoms with E-state index in [1.807, 2.05) is 13.1 Å². The van der Waals surface area contributed by atoms with E-state index in [1.165, 1.54) is 19.3 Å². The first kappa shape index (κ1) is 9.78. The molecule has 2 N–H and O–H groups in total. The van der Waals surface area contributed by atoms with Gasteiger partial charge in [0.05, 0.1) is 11.7 Å². The molecular formula is C12H16N4. The second kappa shape index (κ2) is 3.56. The van der Waals surface area contributed by atoms with Crippen LogP contribution < -0.4 is 5.73 Å². The third-order valence-electron chi connectivity index (χ3n) is 3.44. The lowest BCUT2D eigenvalue weighted by molar-refractivity contribution is 0.295. The molecule has 2 aromatic rings. The molecule has 84 valence electrons. The van der Waals surface area contributed by atoms with Crippen molar-refractivity contribution in [2.24, 2.45) is 5.73 Å². The minimum Gasteiger partial charge on any atom is -0.326 e. The molecule has 0 bridgehead atoms. The fourth-order valence-electron chi connectivity index (χ4n) is 2.21. The van der Waals surface area contributed by atoms with Gasteiger partial charge in [0.1, 0.15) is 0 Å². The van der Waals surface area contributed by atoms with E-state index in [0.29, 0.717) is 12.6 Å². The van der Waals surface area contributed by atoms with Crippen LogP contribution in [0.3, 0.4) is 0 Å². The van der Waals surface area contributed by atoms with Crippen molar-refractivity contribution in [3.63, 3.8) is 0 Å². The number of hydrogen-bond donors (Lipinski definition) is 1. The minimum absolute atomic E-state index is 0.539. The highest BCUT2D eigenvalue weighted by Crippen LogP contribution is 2.33. The smallest absolute Gasteiger partial charge is 0.158 e. The highest BCUT2D eigenvalue weighted by molar-refractivity contribution is 5.78. The summed E-state index contributed by atoms with van der Waals surface area (Å²) < 4.78 is 2.09. The summed E-state index contributed by atoms with van der Waals surface area (Å²) in [4.78, 5) is 4.50. The molecule has 0 amide bonds. The first-order valence-electron chi connectivity index (χ1n) is 5.83. The zero-order valence-corrected chi connectivity index (χ0v) is 9.48. The van der Waals surface area contributed by atoms with E-state index in [-0.39, 0.29) is 0 Å². The highest BCUT2D eigenvalue weighted by atomic mass is 15.3. The predicted molar refractivity (Wildman–Crippen MR) is 63.0 cm³/mol. The second-order valence-electron chi connectivity index (χ2n) is 4.53. The predicted octanol–water partition coefficient (Wildman–Crippen LogP) is 1.92. The molecule has 0 saturated heterocycles. The summed E-state index contributed by atoms with van der Waals surface area (Å²) in [6.45, 7) is 2.58. The topological polar surface area (TPSA) is 56.7 Å². The van der Waals surface area contributed by atoms with Gasteiger partial charge in [-0.3, -0.25) is 0 Å². The summed E-state index contributed by atoms with van der Waals surface area (Å²) in [5.74, 6) is 0. The van der Waals surface area contributed by atoms with Gasteiger partial charge in [0.15, 0.2) is 5.65 Å². The normalized spacial score (nSPS) is 16.6. The summed E-state index contributed by atoms with van der Waals surface area (Å²) in [7, 11) is 0. The number of aromatic nitrogens is 3. The lowest BCUT2D eigenvalue weighted by Crippen LogP contribution is -2.18. The number of rotatable bonds is 2. The van der Waals surface area contributed by atoms with E-state index in [2.05, 4.69) is 20.8 Å². The summed E-state index contributed by atoms with van der Waals surface area (Å²) >= 11 is 0. The first-order chi connectivity index (χ1) is 7.79. The molecule has 0 spiro atoms. The van der Waals surface area contributed by atoms with Crippen LogP contribution in [-0.4, -0.2) is 14.8 Å². The SMILES string of the molecule is Cc1nn(C2CCC2)c2ncc(CN)cc12. The summed E-state index contributed by atoms with van der Waals surface area (Å²) in [6, 6.07) is 2.67. The number of nitrogens with zero attached hydrogens (tertiary/aromatic N) is 3. The number of nitrogens with two attached hydrogens (primary N) is 1.